The normalized spacial score (nSPS) is 12.1. The van der Waals surface area contributed by atoms with Gasteiger partial charge in [-0.25, -0.2) is 4.79 Å². The van der Waals surface area contributed by atoms with E-state index in [1.165, 1.54) is 7.11 Å². The number of methoxy groups -OCH3 is 1. The summed E-state index contributed by atoms with van der Waals surface area (Å²) in [7, 11) is 1.24. The smallest absolute Gasteiger partial charge is 0.357 e. The third kappa shape index (κ3) is 1.89. The molecule has 0 aromatic carbocycles. The molecule has 9 heavy (non-hydrogen) atoms. The molecule has 52 valence electrons. The summed E-state index contributed by atoms with van der Waals surface area (Å²) >= 11 is 0. The van der Waals surface area contributed by atoms with E-state index in [-0.39, 0.29) is 5.88 Å². The molecule has 0 fully saturated rings. The van der Waals surface area contributed by atoms with E-state index in [1.54, 1.807) is 0 Å². The van der Waals surface area contributed by atoms with Crippen LogP contribution in [0.5, 0.6) is 0 Å². The minimum absolute atomic E-state index is 0.275. The van der Waals surface area contributed by atoms with Gasteiger partial charge in [0.25, 0.3) is 0 Å². The highest BCUT2D eigenvalue weighted by Gasteiger charge is 2.05. The van der Waals surface area contributed by atoms with Gasteiger partial charge in [0.05, 0.1) is 7.11 Å². The number of carbonyl (C=O) groups is 1. The van der Waals surface area contributed by atoms with E-state index in [1.807, 2.05) is 0 Å². The Morgan fingerprint density at radius 3 is 2.11 bits per heavy atom. The molecule has 0 aliphatic heterocycles. The van der Waals surface area contributed by atoms with Crippen LogP contribution in [0.4, 0.5) is 0 Å². The van der Waals surface area contributed by atoms with Crippen LogP contribution in [0, 0.1) is 0 Å². The van der Waals surface area contributed by atoms with Crippen molar-refractivity contribution in [2.75, 3.05) is 7.11 Å². The van der Waals surface area contributed by atoms with Crippen molar-refractivity contribution in [2.24, 2.45) is 11.5 Å². The van der Waals surface area contributed by atoms with E-state index in [0.717, 1.165) is 0 Å². The highest BCUT2D eigenvalue weighted by molar-refractivity contribution is 5.85. The van der Waals surface area contributed by atoms with Gasteiger partial charge in [-0.05, 0) is 0 Å². The third-order valence-corrected chi connectivity index (χ3v) is 0.716. The second kappa shape index (κ2) is 2.81. The minimum atomic E-state index is -1.28. The lowest BCUT2D eigenvalue weighted by Gasteiger charge is -1.99. The van der Waals surface area contributed by atoms with Gasteiger partial charge in [-0.15, -0.1) is 0 Å². The van der Waals surface area contributed by atoms with Crippen LogP contribution in [0.3, 0.4) is 0 Å². The lowest BCUT2D eigenvalue weighted by atomic mass is 10.5. The molecule has 0 atom stereocenters. The van der Waals surface area contributed by atoms with Crippen molar-refractivity contribution in [1.29, 1.82) is 0 Å². The number of carboxylic acids is 1. The van der Waals surface area contributed by atoms with Gasteiger partial charge in [0.1, 0.15) is 0 Å². The summed E-state index contributed by atoms with van der Waals surface area (Å²) in [5.41, 5.74) is 9.40. The minimum Gasteiger partial charge on any atom is -0.481 e. The molecule has 0 rings (SSSR count). The Morgan fingerprint density at radius 2 is 2.00 bits per heavy atom. The van der Waals surface area contributed by atoms with Gasteiger partial charge in [0.2, 0.25) is 5.88 Å². The third-order valence-electron chi connectivity index (χ3n) is 0.716. The average molecular weight is 132 g/mol. The number of aliphatic carboxylic acids is 1. The molecule has 0 aromatic rings. The zero-order valence-corrected chi connectivity index (χ0v) is 4.92. The molecule has 0 aliphatic carbocycles. The standard InChI is InChI=1S/C4H8N2O3/c1-9-3(6)2(5)4(7)8/h5-6H2,1H3,(H,7,8)/b3-2+. The fourth-order valence-electron chi connectivity index (χ4n) is 0.215. The summed E-state index contributed by atoms with van der Waals surface area (Å²) in [5.74, 6) is -1.56. The van der Waals surface area contributed by atoms with Crippen LogP contribution in [-0.2, 0) is 9.53 Å². The summed E-state index contributed by atoms with van der Waals surface area (Å²) in [6.45, 7) is 0. The van der Waals surface area contributed by atoms with E-state index >= 15 is 0 Å². The quantitative estimate of drug-likeness (QED) is 0.324. The molecule has 0 radical (unpaired) electrons. The lowest BCUT2D eigenvalue weighted by molar-refractivity contribution is -0.133. The van der Waals surface area contributed by atoms with E-state index in [4.69, 9.17) is 16.6 Å². The molecule has 5 N–H and O–H groups in total. The Hall–Kier alpha value is -1.39. The lowest BCUT2D eigenvalue weighted by Crippen LogP contribution is -2.18. The number of hydrogen-bond acceptors (Lipinski definition) is 4. The van der Waals surface area contributed by atoms with E-state index in [9.17, 15) is 4.79 Å². The van der Waals surface area contributed by atoms with E-state index in [0.29, 0.717) is 0 Å². The number of rotatable bonds is 2. The summed E-state index contributed by atoms with van der Waals surface area (Å²) < 4.78 is 4.32. The number of hydrogen-bond donors (Lipinski definition) is 3. The Labute approximate surface area is 51.9 Å². The largest absolute Gasteiger partial charge is 0.481 e. The first-order chi connectivity index (χ1) is 4.09. The molecular weight excluding hydrogens is 124 g/mol. The van der Waals surface area contributed by atoms with Crippen molar-refractivity contribution in [3.05, 3.63) is 11.6 Å². The predicted molar refractivity (Wildman–Crippen MR) is 30.0 cm³/mol. The Bertz CT molecular complexity index is 152. The van der Waals surface area contributed by atoms with Crippen LogP contribution in [0.15, 0.2) is 11.6 Å². The zero-order valence-electron chi connectivity index (χ0n) is 4.92. The Balaban J connectivity index is 4.28. The maximum absolute atomic E-state index is 9.96. The van der Waals surface area contributed by atoms with Crippen LogP contribution in [0.1, 0.15) is 0 Å². The molecule has 0 amide bonds. The highest BCUT2D eigenvalue weighted by atomic mass is 16.5. The van der Waals surface area contributed by atoms with Gasteiger partial charge in [0, 0.05) is 0 Å². The van der Waals surface area contributed by atoms with Crippen molar-refractivity contribution in [1.82, 2.24) is 0 Å². The van der Waals surface area contributed by atoms with Crippen molar-refractivity contribution in [3.8, 4) is 0 Å². The molecule has 5 heteroatoms. The second-order valence-corrected chi connectivity index (χ2v) is 1.29. The SMILES string of the molecule is CO/C(N)=C(/N)C(=O)O. The maximum atomic E-state index is 9.96. The molecule has 0 aliphatic rings. The molecule has 0 saturated heterocycles. The van der Waals surface area contributed by atoms with Crippen LogP contribution >= 0.6 is 0 Å². The topological polar surface area (TPSA) is 98.6 Å². The summed E-state index contributed by atoms with van der Waals surface area (Å²) in [6.07, 6.45) is 0. The van der Waals surface area contributed by atoms with E-state index in [2.05, 4.69) is 4.74 Å². The Morgan fingerprint density at radius 1 is 1.56 bits per heavy atom. The molecule has 5 nitrogen and oxygen atoms in total. The predicted octanol–water partition coefficient (Wildman–Crippen LogP) is -1.20. The number of ether oxygens (including phenoxy) is 1. The average Bonchev–Trinajstić information content (AvgIpc) is 1.84. The number of carboxylic acid groups (broad SMARTS) is 1. The van der Waals surface area contributed by atoms with E-state index < -0.39 is 11.7 Å². The summed E-state index contributed by atoms with van der Waals surface area (Å²) in [6, 6.07) is 0. The molecular formula is C4H8N2O3. The molecule has 0 bridgehead atoms. The van der Waals surface area contributed by atoms with Crippen molar-refractivity contribution >= 4 is 5.97 Å². The Kier molecular flexibility index (Phi) is 2.37. The summed E-state index contributed by atoms with van der Waals surface area (Å²) in [5, 5.41) is 8.14. The number of nitrogens with two attached hydrogens (primary N) is 2. The molecule has 0 heterocycles. The highest BCUT2D eigenvalue weighted by Crippen LogP contribution is 1.89. The van der Waals surface area contributed by atoms with Crippen LogP contribution in [-0.4, -0.2) is 18.2 Å². The molecule has 0 unspecified atom stereocenters. The van der Waals surface area contributed by atoms with Gasteiger partial charge in [-0.2, -0.15) is 0 Å². The van der Waals surface area contributed by atoms with Gasteiger partial charge < -0.3 is 21.3 Å². The van der Waals surface area contributed by atoms with Gasteiger partial charge in [-0.3, -0.25) is 0 Å². The van der Waals surface area contributed by atoms with Gasteiger partial charge in [0.15, 0.2) is 5.70 Å². The van der Waals surface area contributed by atoms with Gasteiger partial charge >= 0.3 is 5.97 Å². The first kappa shape index (κ1) is 7.61. The fraction of sp³-hybridized carbons (Fsp3) is 0.250. The van der Waals surface area contributed by atoms with Crippen molar-refractivity contribution in [3.63, 3.8) is 0 Å². The van der Waals surface area contributed by atoms with Crippen LogP contribution in [0.2, 0.25) is 0 Å². The first-order valence-corrected chi connectivity index (χ1v) is 2.12. The van der Waals surface area contributed by atoms with Crippen LogP contribution in [0.25, 0.3) is 0 Å². The zero-order chi connectivity index (χ0) is 7.44. The summed E-state index contributed by atoms with van der Waals surface area (Å²) in [4.78, 5) is 9.96. The molecule has 0 saturated carbocycles. The molecule has 0 spiro atoms. The molecule has 0 aromatic heterocycles. The van der Waals surface area contributed by atoms with Crippen molar-refractivity contribution in [2.45, 2.75) is 0 Å². The maximum Gasteiger partial charge on any atom is 0.357 e. The second-order valence-electron chi connectivity index (χ2n) is 1.29. The van der Waals surface area contributed by atoms with Gasteiger partial charge in [-0.1, -0.05) is 0 Å². The monoisotopic (exact) mass is 132 g/mol. The van der Waals surface area contributed by atoms with Crippen LogP contribution < -0.4 is 11.5 Å². The fourth-order valence-corrected chi connectivity index (χ4v) is 0.215. The van der Waals surface area contributed by atoms with Crippen molar-refractivity contribution < 1.29 is 14.6 Å². The first-order valence-electron chi connectivity index (χ1n) is 2.12.